The van der Waals surface area contributed by atoms with Crippen LogP contribution in [0.5, 0.6) is 0 Å². The van der Waals surface area contributed by atoms with Crippen LogP contribution in [-0.4, -0.2) is 37.5 Å². The Morgan fingerprint density at radius 1 is 1.31 bits per heavy atom. The third-order valence-corrected chi connectivity index (χ3v) is 4.68. The van der Waals surface area contributed by atoms with Gasteiger partial charge in [-0.25, -0.2) is 13.6 Å². The number of nitrogens with zero attached hydrogens (tertiary/aromatic N) is 3. The second-order valence-electron chi connectivity index (χ2n) is 7.03. The van der Waals surface area contributed by atoms with Crippen molar-refractivity contribution in [3.63, 3.8) is 0 Å². The molecule has 0 saturated carbocycles. The molecule has 3 rings (SSSR count). The summed E-state index contributed by atoms with van der Waals surface area (Å²) in [6.07, 6.45) is -1.64. The second-order valence-corrected chi connectivity index (χ2v) is 7.03. The molecular weight excluding hydrogens is 518 g/mol. The monoisotopic (exact) mass is 539 g/mol. The van der Waals surface area contributed by atoms with Gasteiger partial charge in [-0.1, -0.05) is 11.8 Å². The molecule has 3 aromatic rings. The number of anilines is 1. The van der Waals surface area contributed by atoms with E-state index in [0.717, 1.165) is 18.5 Å². The molecule has 0 aromatic carbocycles. The number of aromatic nitrogens is 5. The van der Waals surface area contributed by atoms with Crippen LogP contribution in [-0.2, 0) is 18.4 Å². The maximum atomic E-state index is 13.9. The van der Waals surface area contributed by atoms with E-state index in [1.807, 2.05) is 4.98 Å². The molecule has 1 atom stereocenters. The first-order chi connectivity index (χ1) is 15.9. The zero-order valence-corrected chi connectivity index (χ0v) is 22.8. The average Bonchev–Trinajstić information content (AvgIpc) is 3.02. The van der Waals surface area contributed by atoms with Gasteiger partial charge in [0.2, 0.25) is 0 Å². The number of ether oxygens (including phenoxy) is 1. The summed E-state index contributed by atoms with van der Waals surface area (Å²) < 4.78 is 69.9. The first kappa shape index (κ1) is 31.9. The van der Waals surface area contributed by atoms with E-state index in [9.17, 15) is 31.5 Å². The van der Waals surface area contributed by atoms with Gasteiger partial charge in [-0.3, -0.25) is 14.4 Å². The van der Waals surface area contributed by atoms with Crippen molar-refractivity contribution in [2.75, 3.05) is 5.32 Å². The standard InChI is InChI=1S/C20H18F5N6O3.CH3.K/c1-10-13(4-3-12-8-27-19(33)29-18(12)32)17(30-31(10)2)28-15(16(21)22)14-7-11(5-6-26-14)9-34-20(23,24)25;;/h4-8,15-16H,9H2,1-2H3,(H,28,30)(H2,27,29,32,33);1H3;/q2*-1;+1. The van der Waals surface area contributed by atoms with Crippen LogP contribution in [0, 0.1) is 20.4 Å². The molecule has 3 heterocycles. The van der Waals surface area contributed by atoms with Gasteiger partial charge in [0.05, 0.1) is 12.3 Å². The van der Waals surface area contributed by atoms with Crippen LogP contribution in [0.3, 0.4) is 0 Å². The fourth-order valence-corrected chi connectivity index (χ4v) is 2.90. The van der Waals surface area contributed by atoms with Crippen molar-refractivity contribution < 1.29 is 78.1 Å². The molecule has 190 valence electrons. The Hall–Kier alpha value is -2.17. The van der Waals surface area contributed by atoms with Gasteiger partial charge in [-0.15, -0.1) is 25.3 Å². The molecule has 36 heavy (non-hydrogen) atoms. The smallest absolute Gasteiger partial charge is 0.362 e. The Balaban J connectivity index is 0.00000324. The summed E-state index contributed by atoms with van der Waals surface area (Å²) in [4.78, 5) is 31.2. The normalized spacial score (nSPS) is 12.3. The summed E-state index contributed by atoms with van der Waals surface area (Å²) in [6.45, 7) is 0.780. The number of pyridine rings is 1. The summed E-state index contributed by atoms with van der Waals surface area (Å²) >= 11 is 0. The van der Waals surface area contributed by atoms with Gasteiger partial charge >= 0.3 is 63.4 Å². The van der Waals surface area contributed by atoms with E-state index < -0.39 is 36.7 Å². The fourth-order valence-electron chi connectivity index (χ4n) is 2.90. The van der Waals surface area contributed by atoms with Crippen LogP contribution in [0.1, 0.15) is 34.1 Å². The number of hydrogen-bond donors (Lipinski definition) is 3. The van der Waals surface area contributed by atoms with E-state index in [1.54, 1.807) is 14.0 Å². The third kappa shape index (κ3) is 8.45. The Morgan fingerprint density at radius 2 is 2.00 bits per heavy atom. The summed E-state index contributed by atoms with van der Waals surface area (Å²) in [7, 11) is 1.56. The van der Waals surface area contributed by atoms with Gasteiger partial charge in [0.1, 0.15) is 11.9 Å². The number of halogens is 5. The molecule has 0 aliphatic carbocycles. The number of rotatable bonds is 8. The largest absolute Gasteiger partial charge is 1.00 e. The van der Waals surface area contributed by atoms with Crippen LogP contribution in [0.15, 0.2) is 34.1 Å². The maximum Gasteiger partial charge on any atom is 1.00 e. The fraction of sp³-hybridized carbons (Fsp3) is 0.286. The Bertz CT molecular complexity index is 1300. The van der Waals surface area contributed by atoms with Gasteiger partial charge in [-0.05, 0) is 30.2 Å². The first-order valence-corrected chi connectivity index (χ1v) is 9.60. The van der Waals surface area contributed by atoms with Crippen LogP contribution >= 0.6 is 0 Å². The molecule has 1 unspecified atom stereocenters. The van der Waals surface area contributed by atoms with Crippen molar-refractivity contribution in [2.45, 2.75) is 32.4 Å². The second kappa shape index (κ2) is 13.4. The predicted molar refractivity (Wildman–Crippen MR) is 116 cm³/mol. The van der Waals surface area contributed by atoms with Crippen LogP contribution in [0.25, 0.3) is 6.08 Å². The maximum absolute atomic E-state index is 13.9. The summed E-state index contributed by atoms with van der Waals surface area (Å²) in [5.41, 5.74) is -0.804. The zero-order valence-electron chi connectivity index (χ0n) is 19.7. The van der Waals surface area contributed by atoms with E-state index in [0.29, 0.717) is 11.3 Å². The van der Waals surface area contributed by atoms with E-state index in [1.165, 1.54) is 16.8 Å². The van der Waals surface area contributed by atoms with Crippen LogP contribution < -0.4 is 68.0 Å². The van der Waals surface area contributed by atoms with Crippen molar-refractivity contribution in [2.24, 2.45) is 7.05 Å². The molecule has 0 fully saturated rings. The number of hydrogen-bond acceptors (Lipinski definition) is 6. The molecule has 0 radical (unpaired) electrons. The number of H-pyrrole nitrogens is 2. The molecule has 0 bridgehead atoms. The Labute approximate surface area is 244 Å². The number of aromatic amines is 2. The minimum absolute atomic E-state index is 0. The van der Waals surface area contributed by atoms with Crippen molar-refractivity contribution in [1.82, 2.24) is 24.7 Å². The first-order valence-electron chi connectivity index (χ1n) is 9.60. The molecule has 0 aliphatic rings. The van der Waals surface area contributed by atoms with Gasteiger partial charge in [-0.2, -0.15) is 5.10 Å². The van der Waals surface area contributed by atoms with Crippen molar-refractivity contribution in [1.29, 1.82) is 0 Å². The van der Waals surface area contributed by atoms with Gasteiger partial charge < -0.3 is 27.5 Å². The molecular formula is C21H21F5KN6O3-. The quantitative estimate of drug-likeness (QED) is 0.215. The minimum atomic E-state index is -4.87. The van der Waals surface area contributed by atoms with E-state index in [-0.39, 0.29) is 81.4 Å². The van der Waals surface area contributed by atoms with Crippen molar-refractivity contribution in [3.8, 4) is 0 Å². The SMILES string of the molecule is Cc1c(C=[C-]c2c[nH]c(=O)[nH]c2=O)c(NC(c2cc(COC(F)(F)F)ccn2)C(F)F)nn1C.[CH3-].[K+]. The minimum Gasteiger partial charge on any atom is -0.362 e. The van der Waals surface area contributed by atoms with E-state index in [4.69, 9.17) is 0 Å². The molecule has 0 amide bonds. The summed E-state index contributed by atoms with van der Waals surface area (Å²) in [6, 6.07) is 0.573. The molecule has 0 saturated heterocycles. The van der Waals surface area contributed by atoms with Crippen molar-refractivity contribution >= 4 is 11.9 Å². The zero-order chi connectivity index (χ0) is 25.0. The molecule has 15 heteroatoms. The summed E-state index contributed by atoms with van der Waals surface area (Å²) in [5.74, 6) is -0.00241. The van der Waals surface area contributed by atoms with Gasteiger partial charge in [0, 0.05) is 18.9 Å². The number of alkyl halides is 5. The molecule has 3 aromatic heterocycles. The van der Waals surface area contributed by atoms with Crippen LogP contribution in [0.4, 0.5) is 27.8 Å². The third-order valence-electron chi connectivity index (χ3n) is 4.68. The van der Waals surface area contributed by atoms with Gasteiger partial charge in [0.15, 0.2) is 5.56 Å². The van der Waals surface area contributed by atoms with E-state index in [2.05, 4.69) is 31.2 Å². The average molecular weight is 540 g/mol. The molecule has 9 nitrogen and oxygen atoms in total. The van der Waals surface area contributed by atoms with Gasteiger partial charge in [0.25, 0.3) is 6.43 Å². The predicted octanol–water partition coefficient (Wildman–Crippen LogP) is 0.274. The molecule has 0 aliphatic heterocycles. The van der Waals surface area contributed by atoms with Crippen molar-refractivity contribution in [3.05, 3.63) is 86.9 Å². The molecule has 0 spiro atoms. The van der Waals surface area contributed by atoms with Crippen LogP contribution in [0.2, 0.25) is 0 Å². The Morgan fingerprint density at radius 3 is 2.61 bits per heavy atom. The van der Waals surface area contributed by atoms with E-state index >= 15 is 0 Å². The number of aryl methyl sites for hydroxylation is 1. The topological polar surface area (TPSA) is 118 Å². The molecule has 3 N–H and O–H groups in total. The Kier molecular flexibility index (Phi) is 11.9. The number of nitrogens with one attached hydrogen (secondary N) is 3. The summed E-state index contributed by atoms with van der Waals surface area (Å²) in [5, 5.41) is 6.72.